The molecule has 2 N–H and O–H groups in total. The molecule has 0 unspecified atom stereocenters. The Kier molecular flexibility index (Phi) is 1.00. The largest absolute Gasteiger partial charge is 0.477 e. The van der Waals surface area contributed by atoms with Crippen molar-refractivity contribution in [2.24, 2.45) is 0 Å². The van der Waals surface area contributed by atoms with Crippen LogP contribution in [0.5, 0.6) is 0 Å². The minimum absolute atomic E-state index is 0.123. The van der Waals surface area contributed by atoms with E-state index >= 15 is 0 Å². The number of carboxylic acid groups (broad SMARTS) is 1. The summed E-state index contributed by atoms with van der Waals surface area (Å²) in [6.45, 7) is 0. The third kappa shape index (κ3) is 0.778. The summed E-state index contributed by atoms with van der Waals surface area (Å²) in [7, 11) is 0. The zero-order valence-corrected chi connectivity index (χ0v) is 5.37. The Hall–Kier alpha value is -1.78. The molecule has 5 heteroatoms. The predicted molar refractivity (Wildman–Crippen MR) is 35.3 cm³/mol. The van der Waals surface area contributed by atoms with Gasteiger partial charge in [-0.3, -0.25) is 0 Å². The molecule has 0 amide bonds. The molecule has 2 heterocycles. The van der Waals surface area contributed by atoms with Gasteiger partial charge in [-0.25, -0.2) is 4.79 Å². The van der Waals surface area contributed by atoms with Crippen LogP contribution in [0.3, 0.4) is 0 Å². The third-order valence-electron chi connectivity index (χ3n) is 1.38. The van der Waals surface area contributed by atoms with Gasteiger partial charge in [0.2, 0.25) is 0 Å². The van der Waals surface area contributed by atoms with Crippen LogP contribution >= 0.6 is 0 Å². The van der Waals surface area contributed by atoms with Gasteiger partial charge in [-0.1, -0.05) is 5.16 Å². The Morgan fingerprint density at radius 3 is 3.18 bits per heavy atom. The second kappa shape index (κ2) is 1.85. The van der Waals surface area contributed by atoms with Crippen LogP contribution in [0.25, 0.3) is 11.0 Å². The number of H-pyrrole nitrogens is 1. The number of aromatic nitrogens is 2. The molecule has 2 aromatic rings. The minimum Gasteiger partial charge on any atom is -0.477 e. The Labute approximate surface area is 60.6 Å². The monoisotopic (exact) mass is 152 g/mol. The second-order valence-electron chi connectivity index (χ2n) is 2.11. The van der Waals surface area contributed by atoms with Crippen molar-refractivity contribution in [2.45, 2.75) is 0 Å². The Morgan fingerprint density at radius 1 is 1.73 bits per heavy atom. The van der Waals surface area contributed by atoms with Gasteiger partial charge in [0.15, 0.2) is 5.65 Å². The molecule has 0 aromatic carbocycles. The molecule has 0 aliphatic rings. The Morgan fingerprint density at radius 2 is 2.55 bits per heavy atom. The highest BCUT2D eigenvalue weighted by Gasteiger charge is 2.08. The number of carbonyl (C=O) groups is 1. The number of aromatic amines is 1. The van der Waals surface area contributed by atoms with E-state index in [9.17, 15) is 4.79 Å². The molecule has 0 fully saturated rings. The fourth-order valence-electron chi connectivity index (χ4n) is 0.876. The predicted octanol–water partition coefficient (Wildman–Crippen LogP) is 0.854. The molecule has 0 spiro atoms. The SMILES string of the molecule is O=C(O)c1cc2conc2[nH]1. The molecule has 0 bridgehead atoms. The molecule has 56 valence electrons. The summed E-state index contributed by atoms with van der Waals surface area (Å²) in [5.41, 5.74) is 0.584. The van der Waals surface area contributed by atoms with E-state index in [1.54, 1.807) is 0 Å². The van der Waals surface area contributed by atoms with Gasteiger partial charge in [-0.2, -0.15) is 0 Å². The Balaban J connectivity index is 2.67. The first-order valence-corrected chi connectivity index (χ1v) is 2.94. The van der Waals surface area contributed by atoms with Crippen molar-refractivity contribution in [3.8, 4) is 0 Å². The van der Waals surface area contributed by atoms with Crippen LogP contribution in [0.15, 0.2) is 16.9 Å². The molecule has 2 rings (SSSR count). The van der Waals surface area contributed by atoms with E-state index in [0.717, 1.165) is 0 Å². The lowest BCUT2D eigenvalue weighted by atomic mass is 10.4. The van der Waals surface area contributed by atoms with Crippen LogP contribution in [-0.2, 0) is 0 Å². The van der Waals surface area contributed by atoms with Gasteiger partial charge in [0.1, 0.15) is 12.0 Å². The molecule has 2 aromatic heterocycles. The van der Waals surface area contributed by atoms with Gasteiger partial charge in [0, 0.05) is 0 Å². The van der Waals surface area contributed by atoms with Gasteiger partial charge in [0.25, 0.3) is 0 Å². The fraction of sp³-hybridized carbons (Fsp3) is 0. The molecule has 11 heavy (non-hydrogen) atoms. The number of nitrogens with zero attached hydrogens (tertiary/aromatic N) is 1. The van der Waals surface area contributed by atoms with E-state index in [2.05, 4.69) is 14.7 Å². The number of hydrogen-bond acceptors (Lipinski definition) is 3. The van der Waals surface area contributed by atoms with Crippen molar-refractivity contribution in [1.82, 2.24) is 10.1 Å². The van der Waals surface area contributed by atoms with Crippen molar-refractivity contribution in [3.05, 3.63) is 18.0 Å². The summed E-state index contributed by atoms with van der Waals surface area (Å²) in [4.78, 5) is 12.9. The van der Waals surface area contributed by atoms with E-state index in [-0.39, 0.29) is 5.69 Å². The van der Waals surface area contributed by atoms with Crippen LogP contribution in [-0.4, -0.2) is 21.2 Å². The first-order valence-electron chi connectivity index (χ1n) is 2.94. The maximum Gasteiger partial charge on any atom is 0.352 e. The zero-order valence-electron chi connectivity index (χ0n) is 5.37. The van der Waals surface area contributed by atoms with Crippen LogP contribution < -0.4 is 0 Å². The van der Waals surface area contributed by atoms with Crippen molar-refractivity contribution in [2.75, 3.05) is 0 Å². The molecule has 5 nitrogen and oxygen atoms in total. The molecule has 0 radical (unpaired) electrons. The average molecular weight is 152 g/mol. The van der Waals surface area contributed by atoms with Crippen LogP contribution in [0, 0.1) is 0 Å². The van der Waals surface area contributed by atoms with Gasteiger partial charge in [-0.05, 0) is 6.07 Å². The van der Waals surface area contributed by atoms with Crippen LogP contribution in [0.4, 0.5) is 0 Å². The summed E-state index contributed by atoms with van der Waals surface area (Å²) in [5.74, 6) is -0.997. The Bertz CT molecular complexity index is 372. The van der Waals surface area contributed by atoms with E-state index in [1.165, 1.54) is 12.3 Å². The summed E-state index contributed by atoms with van der Waals surface area (Å²) < 4.78 is 4.57. The number of rotatable bonds is 1. The molecular formula is C6H4N2O3. The fourth-order valence-corrected chi connectivity index (χ4v) is 0.876. The smallest absolute Gasteiger partial charge is 0.352 e. The summed E-state index contributed by atoms with van der Waals surface area (Å²) >= 11 is 0. The summed E-state index contributed by atoms with van der Waals surface area (Å²) in [6, 6.07) is 1.47. The lowest BCUT2D eigenvalue weighted by Gasteiger charge is -1.82. The number of nitrogens with one attached hydrogen (secondary N) is 1. The average Bonchev–Trinajstić information content (AvgIpc) is 2.40. The standard InChI is InChI=1S/C6H4N2O3/c9-6(10)4-1-3-2-11-8-5(3)7-4/h1-2H,(H,7,8)(H,9,10). The minimum atomic E-state index is -0.997. The van der Waals surface area contributed by atoms with E-state index in [1.807, 2.05) is 0 Å². The van der Waals surface area contributed by atoms with E-state index < -0.39 is 5.97 Å². The summed E-state index contributed by atoms with van der Waals surface area (Å²) in [6.07, 6.45) is 1.39. The number of hydrogen-bond donors (Lipinski definition) is 2. The van der Waals surface area contributed by atoms with Gasteiger partial charge < -0.3 is 14.6 Å². The topological polar surface area (TPSA) is 79.1 Å². The van der Waals surface area contributed by atoms with Crippen molar-refractivity contribution < 1.29 is 14.4 Å². The van der Waals surface area contributed by atoms with Crippen molar-refractivity contribution >= 4 is 17.0 Å². The molecule has 0 saturated carbocycles. The highest BCUT2D eigenvalue weighted by atomic mass is 16.5. The first kappa shape index (κ1) is 5.96. The maximum atomic E-state index is 10.4. The van der Waals surface area contributed by atoms with Gasteiger partial charge >= 0.3 is 5.97 Å². The lowest BCUT2D eigenvalue weighted by Crippen LogP contribution is -1.95. The highest BCUT2D eigenvalue weighted by molar-refractivity contribution is 5.92. The number of fused-ring (bicyclic) bond motifs is 1. The van der Waals surface area contributed by atoms with Crippen LogP contribution in [0.1, 0.15) is 10.5 Å². The normalized spacial score (nSPS) is 10.5. The van der Waals surface area contributed by atoms with Gasteiger partial charge in [0.05, 0.1) is 5.39 Å². The van der Waals surface area contributed by atoms with E-state index in [0.29, 0.717) is 11.0 Å². The lowest BCUT2D eigenvalue weighted by molar-refractivity contribution is 0.0691. The highest BCUT2D eigenvalue weighted by Crippen LogP contribution is 2.12. The second-order valence-corrected chi connectivity index (χ2v) is 2.11. The van der Waals surface area contributed by atoms with Crippen LogP contribution in [0.2, 0.25) is 0 Å². The first-order chi connectivity index (χ1) is 5.27. The maximum absolute atomic E-state index is 10.4. The van der Waals surface area contributed by atoms with Gasteiger partial charge in [-0.15, -0.1) is 0 Å². The quantitative estimate of drug-likeness (QED) is 0.634. The molecule has 0 aliphatic heterocycles. The zero-order chi connectivity index (χ0) is 7.84. The molecule has 0 saturated heterocycles. The van der Waals surface area contributed by atoms with Crippen molar-refractivity contribution in [1.29, 1.82) is 0 Å². The molecular weight excluding hydrogens is 148 g/mol. The third-order valence-corrected chi connectivity index (χ3v) is 1.38. The molecule has 0 aliphatic carbocycles. The number of carboxylic acids is 1. The summed E-state index contributed by atoms with van der Waals surface area (Å²) in [5, 5.41) is 12.7. The van der Waals surface area contributed by atoms with E-state index in [4.69, 9.17) is 5.11 Å². The van der Waals surface area contributed by atoms with Crippen molar-refractivity contribution in [3.63, 3.8) is 0 Å². The molecule has 0 atom stereocenters. The number of aromatic carboxylic acids is 1.